The topological polar surface area (TPSA) is 85.9 Å². The fourth-order valence-electron chi connectivity index (χ4n) is 2.11. The molecule has 0 aliphatic carbocycles. The van der Waals surface area contributed by atoms with Crippen LogP contribution in [0.5, 0.6) is 11.5 Å². The second kappa shape index (κ2) is 10.3. The van der Waals surface area contributed by atoms with Gasteiger partial charge >= 0.3 is 6.09 Å². The highest BCUT2D eigenvalue weighted by Gasteiger charge is 2.16. The molecule has 0 aliphatic heterocycles. The van der Waals surface area contributed by atoms with Crippen molar-refractivity contribution in [3.63, 3.8) is 0 Å². The molecule has 0 saturated carbocycles. The van der Waals surface area contributed by atoms with Crippen molar-refractivity contribution in [1.82, 2.24) is 10.6 Å². The lowest BCUT2D eigenvalue weighted by atomic mass is 10.1. The van der Waals surface area contributed by atoms with Crippen molar-refractivity contribution in [1.29, 1.82) is 0 Å². The van der Waals surface area contributed by atoms with Gasteiger partial charge in [-0.1, -0.05) is 15.9 Å². The van der Waals surface area contributed by atoms with Gasteiger partial charge in [0.2, 0.25) is 5.91 Å². The summed E-state index contributed by atoms with van der Waals surface area (Å²) in [7, 11) is 3.16. The molecule has 26 heavy (non-hydrogen) atoms. The van der Waals surface area contributed by atoms with Crippen LogP contribution in [0.15, 0.2) is 16.6 Å². The van der Waals surface area contributed by atoms with Crippen molar-refractivity contribution in [2.75, 3.05) is 27.3 Å². The molecule has 0 saturated heterocycles. The molecular weight excluding hydrogens is 404 g/mol. The number of carbonyl (C=O) groups excluding carboxylic acids is 2. The van der Waals surface area contributed by atoms with E-state index in [4.69, 9.17) is 14.2 Å². The van der Waals surface area contributed by atoms with Crippen LogP contribution in [-0.4, -0.2) is 44.9 Å². The SMILES string of the molecule is COc1cc(Br)c(CCNC(=O)CCNC(=O)OC(C)(C)C)cc1OC. The zero-order valence-electron chi connectivity index (χ0n) is 15.9. The smallest absolute Gasteiger partial charge is 0.407 e. The summed E-state index contributed by atoms with van der Waals surface area (Å²) in [4.78, 5) is 23.3. The Kier molecular flexibility index (Phi) is 8.71. The Bertz CT molecular complexity index is 629. The molecule has 0 aliphatic rings. The van der Waals surface area contributed by atoms with E-state index in [1.165, 1.54) is 0 Å². The van der Waals surface area contributed by atoms with E-state index in [0.717, 1.165) is 10.0 Å². The normalized spacial score (nSPS) is 10.8. The van der Waals surface area contributed by atoms with E-state index in [2.05, 4.69) is 26.6 Å². The number of nitrogens with one attached hydrogen (secondary N) is 2. The van der Waals surface area contributed by atoms with Crippen LogP contribution in [0.25, 0.3) is 0 Å². The third-order valence-electron chi connectivity index (χ3n) is 3.29. The first kappa shape index (κ1) is 22.1. The van der Waals surface area contributed by atoms with Crippen molar-refractivity contribution in [2.24, 2.45) is 0 Å². The van der Waals surface area contributed by atoms with Crippen LogP contribution >= 0.6 is 15.9 Å². The molecule has 2 amide bonds. The number of ether oxygens (including phenoxy) is 3. The number of hydrogen-bond acceptors (Lipinski definition) is 5. The first-order valence-corrected chi connectivity index (χ1v) is 9.09. The maximum Gasteiger partial charge on any atom is 0.407 e. The Morgan fingerprint density at radius 2 is 1.65 bits per heavy atom. The highest BCUT2D eigenvalue weighted by Crippen LogP contribution is 2.33. The Morgan fingerprint density at radius 3 is 2.23 bits per heavy atom. The van der Waals surface area contributed by atoms with Gasteiger partial charge < -0.3 is 24.8 Å². The van der Waals surface area contributed by atoms with Crippen molar-refractivity contribution < 1.29 is 23.8 Å². The predicted molar refractivity (Wildman–Crippen MR) is 103 cm³/mol. The molecule has 0 unspecified atom stereocenters. The summed E-state index contributed by atoms with van der Waals surface area (Å²) < 4.78 is 16.5. The van der Waals surface area contributed by atoms with E-state index in [9.17, 15) is 9.59 Å². The van der Waals surface area contributed by atoms with Crippen LogP contribution in [0.2, 0.25) is 0 Å². The molecule has 1 rings (SSSR count). The van der Waals surface area contributed by atoms with Crippen molar-refractivity contribution >= 4 is 27.9 Å². The van der Waals surface area contributed by atoms with Gasteiger partial charge in [-0.15, -0.1) is 0 Å². The van der Waals surface area contributed by atoms with E-state index in [1.54, 1.807) is 35.0 Å². The second-order valence-electron chi connectivity index (χ2n) is 6.58. The molecule has 7 nitrogen and oxygen atoms in total. The van der Waals surface area contributed by atoms with Gasteiger partial charge in [0.05, 0.1) is 14.2 Å². The summed E-state index contributed by atoms with van der Waals surface area (Å²) in [5, 5.41) is 5.38. The molecule has 0 aromatic heterocycles. The number of hydrogen-bond donors (Lipinski definition) is 2. The second-order valence-corrected chi connectivity index (χ2v) is 7.43. The van der Waals surface area contributed by atoms with Crippen LogP contribution in [0.3, 0.4) is 0 Å². The third kappa shape index (κ3) is 7.95. The van der Waals surface area contributed by atoms with Crippen LogP contribution in [0.1, 0.15) is 32.8 Å². The van der Waals surface area contributed by atoms with E-state index in [0.29, 0.717) is 24.5 Å². The van der Waals surface area contributed by atoms with E-state index in [-0.39, 0.29) is 18.9 Å². The van der Waals surface area contributed by atoms with Gasteiger partial charge in [0.15, 0.2) is 11.5 Å². The minimum atomic E-state index is -0.556. The average Bonchev–Trinajstić information content (AvgIpc) is 2.54. The standard InChI is InChI=1S/C18H27BrN2O5/c1-18(2,3)26-17(23)21-9-7-16(22)20-8-6-12-10-14(24-4)15(25-5)11-13(12)19/h10-11H,6-9H2,1-5H3,(H,20,22)(H,21,23). The third-order valence-corrected chi connectivity index (χ3v) is 4.03. The summed E-state index contributed by atoms with van der Waals surface area (Å²) in [6.07, 6.45) is 0.290. The molecule has 1 aromatic carbocycles. The lowest BCUT2D eigenvalue weighted by Gasteiger charge is -2.19. The number of benzene rings is 1. The maximum absolute atomic E-state index is 11.8. The number of halogens is 1. The first-order chi connectivity index (χ1) is 12.2. The summed E-state index contributed by atoms with van der Waals surface area (Å²) in [5.74, 6) is 1.14. The summed E-state index contributed by atoms with van der Waals surface area (Å²) in [6.45, 7) is 6.04. The maximum atomic E-state index is 11.8. The molecule has 0 atom stereocenters. The van der Waals surface area contributed by atoms with Crippen molar-refractivity contribution in [2.45, 2.75) is 39.2 Å². The number of methoxy groups -OCH3 is 2. The monoisotopic (exact) mass is 430 g/mol. The van der Waals surface area contributed by atoms with Crippen molar-refractivity contribution in [3.8, 4) is 11.5 Å². The molecule has 0 spiro atoms. The summed E-state index contributed by atoms with van der Waals surface area (Å²) in [5.41, 5.74) is 0.439. The first-order valence-electron chi connectivity index (χ1n) is 8.30. The predicted octanol–water partition coefficient (Wildman–Crippen LogP) is 3.04. The summed E-state index contributed by atoms with van der Waals surface area (Å²) >= 11 is 3.49. The fraction of sp³-hybridized carbons (Fsp3) is 0.556. The highest BCUT2D eigenvalue weighted by atomic mass is 79.9. The summed E-state index contributed by atoms with van der Waals surface area (Å²) in [6, 6.07) is 3.71. The van der Waals surface area contributed by atoms with Crippen LogP contribution in [0, 0.1) is 0 Å². The molecule has 1 aromatic rings. The minimum absolute atomic E-state index is 0.141. The van der Waals surface area contributed by atoms with Crippen LogP contribution in [0.4, 0.5) is 4.79 Å². The van der Waals surface area contributed by atoms with Gasteiger partial charge in [-0.3, -0.25) is 4.79 Å². The average molecular weight is 431 g/mol. The molecule has 146 valence electrons. The molecule has 0 heterocycles. The lowest BCUT2D eigenvalue weighted by molar-refractivity contribution is -0.120. The Hall–Kier alpha value is -1.96. The van der Waals surface area contributed by atoms with Gasteiger partial charge in [-0.05, 0) is 44.9 Å². The molecule has 8 heteroatoms. The Morgan fingerprint density at radius 1 is 1.04 bits per heavy atom. The number of carbonyl (C=O) groups is 2. The zero-order chi connectivity index (χ0) is 19.7. The Balaban J connectivity index is 2.37. The highest BCUT2D eigenvalue weighted by molar-refractivity contribution is 9.10. The van der Waals surface area contributed by atoms with Gasteiger partial charge in [-0.25, -0.2) is 4.79 Å². The van der Waals surface area contributed by atoms with Gasteiger partial charge in [0, 0.05) is 24.0 Å². The molecule has 0 fully saturated rings. The minimum Gasteiger partial charge on any atom is -0.493 e. The quantitative estimate of drug-likeness (QED) is 0.661. The van der Waals surface area contributed by atoms with Crippen LogP contribution in [-0.2, 0) is 16.0 Å². The zero-order valence-corrected chi connectivity index (χ0v) is 17.5. The van der Waals surface area contributed by atoms with E-state index in [1.807, 2.05) is 12.1 Å². The molecule has 2 N–H and O–H groups in total. The molecular formula is C18H27BrN2O5. The number of alkyl carbamates (subject to hydrolysis) is 1. The Labute approximate surface area is 162 Å². The van der Waals surface area contributed by atoms with Crippen LogP contribution < -0.4 is 20.1 Å². The van der Waals surface area contributed by atoms with Gasteiger partial charge in [-0.2, -0.15) is 0 Å². The van der Waals surface area contributed by atoms with Gasteiger partial charge in [0.25, 0.3) is 0 Å². The molecule has 0 bridgehead atoms. The fourth-order valence-corrected chi connectivity index (χ4v) is 2.63. The number of rotatable bonds is 8. The van der Waals surface area contributed by atoms with E-state index < -0.39 is 11.7 Å². The molecule has 0 radical (unpaired) electrons. The largest absolute Gasteiger partial charge is 0.493 e. The lowest BCUT2D eigenvalue weighted by Crippen LogP contribution is -2.35. The van der Waals surface area contributed by atoms with Crippen molar-refractivity contribution in [3.05, 3.63) is 22.2 Å². The van der Waals surface area contributed by atoms with E-state index >= 15 is 0 Å². The number of amides is 2. The van der Waals surface area contributed by atoms with Gasteiger partial charge in [0.1, 0.15) is 5.60 Å².